The molecule has 0 bridgehead atoms. The van der Waals surface area contributed by atoms with Crippen molar-refractivity contribution in [2.45, 2.75) is 104 Å². The number of hydrogen-bond acceptors (Lipinski definition) is 6. The summed E-state index contributed by atoms with van der Waals surface area (Å²) in [5.41, 5.74) is 0.474. The van der Waals surface area contributed by atoms with Gasteiger partial charge in [-0.15, -0.1) is 0 Å². The fraction of sp³-hybridized carbons (Fsp3) is 0.576. The Morgan fingerprint density at radius 3 is 1.62 bits per heavy atom. The van der Waals surface area contributed by atoms with Crippen molar-refractivity contribution in [3.05, 3.63) is 47.5 Å². The molecule has 6 nitrogen and oxygen atoms in total. The van der Waals surface area contributed by atoms with E-state index in [-0.39, 0.29) is 23.5 Å². The minimum Gasteiger partial charge on any atom is -0.507 e. The number of benzene rings is 2. The normalized spacial score (nSPS) is 10.8. The fourth-order valence-electron chi connectivity index (χ4n) is 4.27. The molecular weight excluding hydrogens is 492 g/mol. The Morgan fingerprint density at radius 1 is 0.641 bits per heavy atom. The predicted molar refractivity (Wildman–Crippen MR) is 157 cm³/mol. The number of aromatic hydroxyl groups is 1. The fourth-order valence-corrected chi connectivity index (χ4v) is 4.27. The van der Waals surface area contributed by atoms with E-state index in [1.54, 1.807) is 24.3 Å². The van der Waals surface area contributed by atoms with Gasteiger partial charge in [-0.25, -0.2) is 0 Å². The Labute approximate surface area is 235 Å². The van der Waals surface area contributed by atoms with E-state index in [0.29, 0.717) is 42.6 Å². The highest BCUT2D eigenvalue weighted by Gasteiger charge is 2.22. The van der Waals surface area contributed by atoms with Gasteiger partial charge in [0, 0.05) is 5.56 Å². The summed E-state index contributed by atoms with van der Waals surface area (Å²) in [4.78, 5) is 26.1. The van der Waals surface area contributed by atoms with Gasteiger partial charge >= 0.3 is 0 Å². The molecular formula is C33H48O6. The van der Waals surface area contributed by atoms with Crippen LogP contribution in [0.4, 0.5) is 0 Å². The van der Waals surface area contributed by atoms with Gasteiger partial charge in [0.2, 0.25) is 5.75 Å². The Morgan fingerprint density at radius 2 is 1.13 bits per heavy atom. The lowest BCUT2D eigenvalue weighted by Crippen LogP contribution is -2.11. The van der Waals surface area contributed by atoms with E-state index < -0.39 is 5.78 Å². The van der Waals surface area contributed by atoms with Crippen molar-refractivity contribution >= 4 is 11.6 Å². The van der Waals surface area contributed by atoms with Gasteiger partial charge in [0.05, 0.1) is 31.8 Å². The maximum Gasteiger partial charge on any atom is 0.203 e. The van der Waals surface area contributed by atoms with Crippen molar-refractivity contribution in [2.24, 2.45) is 0 Å². The van der Waals surface area contributed by atoms with E-state index in [9.17, 15) is 14.7 Å². The first-order valence-electron chi connectivity index (χ1n) is 14.9. The standard InChI is InChI=1S/C33H48O6/c1-4-7-10-15-20-37-31-23-26(29(35)25-30(36)27-18-13-14-19-28(27)34)24-32(38-21-16-11-8-5-2)33(31)39-22-17-12-9-6-3/h13-14,18-19,23-24,34H,4-12,15-17,20-22,25H2,1-3H3. The quantitative estimate of drug-likeness (QED) is 0.0913. The maximum atomic E-state index is 13.3. The van der Waals surface area contributed by atoms with E-state index in [2.05, 4.69) is 20.8 Å². The average Bonchev–Trinajstić information content (AvgIpc) is 2.93. The molecule has 2 aromatic rings. The number of rotatable bonds is 22. The molecule has 0 atom stereocenters. The number of phenols is 1. The number of hydrogen-bond donors (Lipinski definition) is 1. The first-order valence-corrected chi connectivity index (χ1v) is 14.9. The number of carbonyl (C=O) groups excluding carboxylic acids is 2. The topological polar surface area (TPSA) is 82.1 Å². The summed E-state index contributed by atoms with van der Waals surface area (Å²) in [6.07, 6.45) is 12.5. The molecule has 0 unspecified atom stereocenters. The summed E-state index contributed by atoms with van der Waals surface area (Å²) >= 11 is 0. The Balaban J connectivity index is 2.30. The van der Waals surface area contributed by atoms with Crippen molar-refractivity contribution in [1.82, 2.24) is 0 Å². The van der Waals surface area contributed by atoms with Crippen LogP contribution in [-0.4, -0.2) is 36.5 Å². The van der Waals surface area contributed by atoms with Crippen molar-refractivity contribution < 1.29 is 28.9 Å². The molecule has 0 fully saturated rings. The number of Topliss-reactive ketones (excluding diaryl/α,β-unsaturated/α-hetero) is 2. The highest BCUT2D eigenvalue weighted by molar-refractivity contribution is 6.14. The largest absolute Gasteiger partial charge is 0.507 e. The summed E-state index contributed by atoms with van der Waals surface area (Å²) in [7, 11) is 0. The molecule has 39 heavy (non-hydrogen) atoms. The van der Waals surface area contributed by atoms with Gasteiger partial charge in [-0.3, -0.25) is 9.59 Å². The second kappa shape index (κ2) is 19.1. The summed E-state index contributed by atoms with van der Waals surface area (Å²) in [5.74, 6) is 0.566. The molecule has 0 heterocycles. The smallest absolute Gasteiger partial charge is 0.203 e. The Kier molecular flexibility index (Phi) is 15.8. The minimum atomic E-state index is -0.432. The minimum absolute atomic E-state index is 0.130. The number of para-hydroxylation sites is 1. The molecule has 0 aliphatic carbocycles. The van der Waals surface area contributed by atoms with Crippen LogP contribution < -0.4 is 14.2 Å². The van der Waals surface area contributed by atoms with Gasteiger partial charge in [-0.1, -0.05) is 90.7 Å². The second-order valence-electron chi connectivity index (χ2n) is 10.1. The maximum absolute atomic E-state index is 13.3. The predicted octanol–water partition coefficient (Wildman–Crippen LogP) is 8.73. The van der Waals surface area contributed by atoms with Gasteiger partial charge < -0.3 is 19.3 Å². The summed E-state index contributed by atoms with van der Waals surface area (Å²) in [5, 5.41) is 10.1. The van der Waals surface area contributed by atoms with Crippen LogP contribution in [0.3, 0.4) is 0 Å². The number of ketones is 2. The third-order valence-electron chi connectivity index (χ3n) is 6.62. The number of carbonyl (C=O) groups is 2. The van der Waals surface area contributed by atoms with E-state index in [4.69, 9.17) is 14.2 Å². The lowest BCUT2D eigenvalue weighted by molar-refractivity contribution is 0.0892. The molecule has 2 aromatic carbocycles. The van der Waals surface area contributed by atoms with Crippen LogP contribution in [0.25, 0.3) is 0 Å². The molecule has 2 rings (SSSR count). The van der Waals surface area contributed by atoms with Crippen molar-refractivity contribution in [2.75, 3.05) is 19.8 Å². The number of ether oxygens (including phenoxy) is 3. The molecule has 0 spiro atoms. The molecule has 6 heteroatoms. The summed E-state index contributed by atoms with van der Waals surface area (Å²) in [6, 6.07) is 9.62. The van der Waals surface area contributed by atoms with E-state index in [0.717, 1.165) is 77.0 Å². The van der Waals surface area contributed by atoms with Crippen molar-refractivity contribution in [3.8, 4) is 23.0 Å². The van der Waals surface area contributed by atoms with Crippen LogP contribution >= 0.6 is 0 Å². The first-order chi connectivity index (χ1) is 19.0. The van der Waals surface area contributed by atoms with Crippen LogP contribution in [0.2, 0.25) is 0 Å². The van der Waals surface area contributed by atoms with Crippen LogP contribution in [0.1, 0.15) is 125 Å². The second-order valence-corrected chi connectivity index (χ2v) is 10.1. The van der Waals surface area contributed by atoms with Gasteiger partial charge in [-0.05, 0) is 43.5 Å². The monoisotopic (exact) mass is 540 g/mol. The lowest BCUT2D eigenvalue weighted by Gasteiger charge is -2.19. The number of unbranched alkanes of at least 4 members (excludes halogenated alkanes) is 9. The van der Waals surface area contributed by atoms with Gasteiger partial charge in [-0.2, -0.15) is 0 Å². The van der Waals surface area contributed by atoms with Crippen molar-refractivity contribution in [3.63, 3.8) is 0 Å². The van der Waals surface area contributed by atoms with Crippen molar-refractivity contribution in [1.29, 1.82) is 0 Å². The summed E-state index contributed by atoms with van der Waals surface area (Å²) in [6.45, 7) is 8.07. The van der Waals surface area contributed by atoms with Crippen LogP contribution in [0, 0.1) is 0 Å². The van der Waals surface area contributed by atoms with E-state index in [1.165, 1.54) is 12.1 Å². The zero-order valence-electron chi connectivity index (χ0n) is 24.3. The zero-order valence-corrected chi connectivity index (χ0v) is 24.3. The van der Waals surface area contributed by atoms with E-state index >= 15 is 0 Å². The van der Waals surface area contributed by atoms with Gasteiger partial charge in [0.1, 0.15) is 5.75 Å². The highest BCUT2D eigenvalue weighted by Crippen LogP contribution is 2.40. The van der Waals surface area contributed by atoms with Crippen LogP contribution in [-0.2, 0) is 0 Å². The molecule has 0 radical (unpaired) electrons. The molecule has 0 aromatic heterocycles. The van der Waals surface area contributed by atoms with Gasteiger partial charge in [0.25, 0.3) is 0 Å². The molecule has 0 aliphatic rings. The molecule has 0 amide bonds. The summed E-state index contributed by atoms with van der Waals surface area (Å²) < 4.78 is 18.5. The molecule has 1 N–H and O–H groups in total. The Bertz CT molecular complexity index is 964. The molecule has 216 valence electrons. The SMILES string of the molecule is CCCCCCOc1cc(C(=O)CC(=O)c2ccccc2O)cc(OCCCCCC)c1OCCCCCC. The Hall–Kier alpha value is -3.02. The van der Waals surface area contributed by atoms with Crippen LogP contribution in [0.15, 0.2) is 36.4 Å². The van der Waals surface area contributed by atoms with Gasteiger partial charge in [0.15, 0.2) is 23.1 Å². The number of phenolic OH excluding ortho intramolecular Hbond substituents is 1. The molecule has 0 saturated carbocycles. The average molecular weight is 541 g/mol. The third kappa shape index (κ3) is 11.7. The first kappa shape index (κ1) is 32.2. The third-order valence-corrected chi connectivity index (χ3v) is 6.62. The molecule has 0 aliphatic heterocycles. The molecule has 0 saturated heterocycles. The zero-order chi connectivity index (χ0) is 28.3. The lowest BCUT2D eigenvalue weighted by atomic mass is 10.00. The van der Waals surface area contributed by atoms with E-state index in [1.807, 2.05) is 0 Å². The van der Waals surface area contributed by atoms with Crippen LogP contribution in [0.5, 0.6) is 23.0 Å². The highest BCUT2D eigenvalue weighted by atomic mass is 16.5.